The zero-order valence-corrected chi connectivity index (χ0v) is 20.4. The number of nitrogens with one attached hydrogen (secondary N) is 2. The third-order valence-corrected chi connectivity index (χ3v) is 5.72. The Kier molecular flexibility index (Phi) is 9.44. The SMILES string of the molecule is CCNC(=NCc1cn(C)nc1C(F)(F)F)NC1CCN(C(=O)C2CCCCC2)C1.I. The summed E-state index contributed by atoms with van der Waals surface area (Å²) >= 11 is 0. The lowest BCUT2D eigenvalue weighted by Gasteiger charge is -2.26. The Hall–Kier alpha value is -1.53. The quantitative estimate of drug-likeness (QED) is 0.332. The van der Waals surface area contributed by atoms with Crippen molar-refractivity contribution in [1.29, 1.82) is 0 Å². The molecule has 1 aliphatic heterocycles. The van der Waals surface area contributed by atoms with Crippen molar-refractivity contribution >= 4 is 35.8 Å². The van der Waals surface area contributed by atoms with Crippen molar-refractivity contribution in [3.05, 3.63) is 17.5 Å². The van der Waals surface area contributed by atoms with E-state index in [1.165, 1.54) is 19.7 Å². The number of rotatable bonds is 5. The first-order valence-electron chi connectivity index (χ1n) is 10.7. The predicted octanol–water partition coefficient (Wildman–Crippen LogP) is 3.29. The molecule has 1 aliphatic carbocycles. The number of aliphatic imine (C=N–C) groups is 1. The Balaban J connectivity index is 0.00000341. The number of hydrogen-bond acceptors (Lipinski definition) is 3. The van der Waals surface area contributed by atoms with Crippen molar-refractivity contribution in [3.8, 4) is 0 Å². The Bertz CT molecular complexity index is 761. The van der Waals surface area contributed by atoms with Crippen LogP contribution >= 0.6 is 24.0 Å². The standard InChI is InChI=1S/C20H31F3N6O.HI/c1-3-24-19(25-11-15-12-28(2)27-17(15)20(21,22)23)26-16-9-10-29(13-16)18(30)14-7-5-4-6-8-14;/h12,14,16H,3-11,13H2,1-2H3,(H2,24,25,26);1H. The number of hydrogen-bond donors (Lipinski definition) is 2. The minimum absolute atomic E-state index is 0. The fourth-order valence-electron chi connectivity index (χ4n) is 4.26. The highest BCUT2D eigenvalue weighted by Crippen LogP contribution is 2.31. The Morgan fingerprint density at radius 1 is 1.26 bits per heavy atom. The van der Waals surface area contributed by atoms with Crippen LogP contribution in [0.2, 0.25) is 0 Å². The summed E-state index contributed by atoms with van der Waals surface area (Å²) in [7, 11) is 1.46. The van der Waals surface area contributed by atoms with E-state index in [1.807, 2.05) is 11.8 Å². The predicted molar refractivity (Wildman–Crippen MR) is 123 cm³/mol. The van der Waals surface area contributed by atoms with Crippen LogP contribution in [-0.4, -0.2) is 52.2 Å². The molecular weight excluding hydrogens is 524 g/mol. The zero-order chi connectivity index (χ0) is 21.7. The topological polar surface area (TPSA) is 74.6 Å². The summed E-state index contributed by atoms with van der Waals surface area (Å²) in [5.41, 5.74) is -0.877. The minimum atomic E-state index is -4.51. The number of carbonyl (C=O) groups is 1. The molecule has 2 N–H and O–H groups in total. The van der Waals surface area contributed by atoms with Gasteiger partial charge in [-0.2, -0.15) is 18.3 Å². The highest BCUT2D eigenvalue weighted by Gasteiger charge is 2.37. The van der Waals surface area contributed by atoms with Crippen LogP contribution in [0.5, 0.6) is 0 Å². The summed E-state index contributed by atoms with van der Waals surface area (Å²) in [5, 5.41) is 9.88. The second-order valence-electron chi connectivity index (χ2n) is 8.12. The van der Waals surface area contributed by atoms with Gasteiger partial charge >= 0.3 is 6.18 Å². The molecule has 0 bridgehead atoms. The number of guanidine groups is 1. The second kappa shape index (κ2) is 11.4. The van der Waals surface area contributed by atoms with E-state index in [2.05, 4.69) is 20.7 Å². The Morgan fingerprint density at radius 3 is 2.61 bits per heavy atom. The molecule has 0 aromatic carbocycles. The Morgan fingerprint density at radius 2 is 1.97 bits per heavy atom. The summed E-state index contributed by atoms with van der Waals surface area (Å²) < 4.78 is 40.6. The van der Waals surface area contributed by atoms with Gasteiger partial charge in [0.25, 0.3) is 0 Å². The third-order valence-electron chi connectivity index (χ3n) is 5.72. The number of alkyl halides is 3. The lowest BCUT2D eigenvalue weighted by atomic mass is 9.88. The number of aryl methyl sites for hydroxylation is 1. The normalized spacial score (nSPS) is 20.5. The van der Waals surface area contributed by atoms with E-state index in [9.17, 15) is 18.0 Å². The van der Waals surface area contributed by atoms with Gasteiger partial charge in [-0.3, -0.25) is 9.48 Å². The first-order valence-corrected chi connectivity index (χ1v) is 10.7. The molecular formula is C20H32F3IN6O. The second-order valence-corrected chi connectivity index (χ2v) is 8.12. The first-order chi connectivity index (χ1) is 14.3. The molecule has 2 fully saturated rings. The molecule has 176 valence electrons. The molecule has 2 aliphatic rings. The molecule has 1 amide bonds. The molecule has 11 heteroatoms. The number of carbonyl (C=O) groups excluding carboxylic acids is 1. The van der Waals surface area contributed by atoms with Gasteiger partial charge in [0.1, 0.15) is 0 Å². The van der Waals surface area contributed by atoms with E-state index in [4.69, 9.17) is 0 Å². The molecule has 0 spiro atoms. The number of likely N-dealkylation sites (tertiary alicyclic amines) is 1. The van der Waals surface area contributed by atoms with Crippen molar-refractivity contribution in [1.82, 2.24) is 25.3 Å². The lowest BCUT2D eigenvalue weighted by molar-refractivity contribution is -0.142. The van der Waals surface area contributed by atoms with E-state index in [0.29, 0.717) is 25.6 Å². The van der Waals surface area contributed by atoms with Crippen molar-refractivity contribution < 1.29 is 18.0 Å². The molecule has 1 saturated carbocycles. The zero-order valence-electron chi connectivity index (χ0n) is 18.0. The van der Waals surface area contributed by atoms with Crippen LogP contribution in [-0.2, 0) is 24.6 Å². The monoisotopic (exact) mass is 556 g/mol. The molecule has 2 heterocycles. The van der Waals surface area contributed by atoms with Crippen LogP contribution in [0.15, 0.2) is 11.2 Å². The van der Waals surface area contributed by atoms with E-state index in [-0.39, 0.29) is 54.0 Å². The van der Waals surface area contributed by atoms with Gasteiger partial charge in [0.05, 0.1) is 6.54 Å². The van der Waals surface area contributed by atoms with E-state index >= 15 is 0 Å². The molecule has 1 atom stereocenters. The van der Waals surface area contributed by atoms with Gasteiger partial charge in [-0.1, -0.05) is 19.3 Å². The molecule has 7 nitrogen and oxygen atoms in total. The lowest BCUT2D eigenvalue weighted by Crippen LogP contribution is -2.45. The third kappa shape index (κ3) is 6.98. The molecule has 3 rings (SSSR count). The van der Waals surface area contributed by atoms with E-state index < -0.39 is 11.9 Å². The van der Waals surface area contributed by atoms with Crippen LogP contribution in [0.4, 0.5) is 13.2 Å². The van der Waals surface area contributed by atoms with Gasteiger partial charge < -0.3 is 15.5 Å². The van der Waals surface area contributed by atoms with Crippen LogP contribution in [0.3, 0.4) is 0 Å². The van der Waals surface area contributed by atoms with Gasteiger partial charge in [0.15, 0.2) is 11.7 Å². The number of nitrogens with zero attached hydrogens (tertiary/aromatic N) is 4. The summed E-state index contributed by atoms with van der Waals surface area (Å²) in [6, 6.07) is 0.0336. The van der Waals surface area contributed by atoms with E-state index in [0.717, 1.165) is 36.8 Å². The maximum atomic E-state index is 13.1. The molecule has 1 aromatic heterocycles. The highest BCUT2D eigenvalue weighted by atomic mass is 127. The van der Waals surface area contributed by atoms with Crippen molar-refractivity contribution in [2.45, 2.75) is 64.2 Å². The average Bonchev–Trinajstić information content (AvgIpc) is 3.32. The summed E-state index contributed by atoms with van der Waals surface area (Å²) in [6.45, 7) is 3.65. The minimum Gasteiger partial charge on any atom is -0.357 e. The van der Waals surface area contributed by atoms with Crippen LogP contribution < -0.4 is 10.6 Å². The smallest absolute Gasteiger partial charge is 0.357 e. The van der Waals surface area contributed by atoms with Crippen LogP contribution in [0.1, 0.15) is 56.7 Å². The van der Waals surface area contributed by atoms with E-state index in [1.54, 1.807) is 0 Å². The Labute approximate surface area is 198 Å². The summed E-state index contributed by atoms with van der Waals surface area (Å²) in [6.07, 6.45) is 3.04. The fourth-order valence-corrected chi connectivity index (χ4v) is 4.26. The van der Waals surface area contributed by atoms with Gasteiger partial charge in [0, 0.05) is 50.4 Å². The van der Waals surface area contributed by atoms with Crippen molar-refractivity contribution in [2.75, 3.05) is 19.6 Å². The van der Waals surface area contributed by atoms with Gasteiger partial charge in [-0.15, -0.1) is 24.0 Å². The molecule has 31 heavy (non-hydrogen) atoms. The summed E-state index contributed by atoms with van der Waals surface area (Å²) in [4.78, 5) is 19.0. The van der Waals surface area contributed by atoms with Crippen molar-refractivity contribution in [3.63, 3.8) is 0 Å². The highest BCUT2D eigenvalue weighted by molar-refractivity contribution is 14.0. The molecule has 1 aromatic rings. The van der Waals surface area contributed by atoms with Gasteiger partial charge in [0.2, 0.25) is 5.91 Å². The van der Waals surface area contributed by atoms with Crippen LogP contribution in [0.25, 0.3) is 0 Å². The van der Waals surface area contributed by atoms with Crippen molar-refractivity contribution in [2.24, 2.45) is 18.0 Å². The molecule has 1 unspecified atom stereocenters. The van der Waals surface area contributed by atoms with Crippen LogP contribution in [0, 0.1) is 5.92 Å². The number of aromatic nitrogens is 2. The van der Waals surface area contributed by atoms with Gasteiger partial charge in [-0.25, -0.2) is 4.99 Å². The largest absolute Gasteiger partial charge is 0.435 e. The maximum Gasteiger partial charge on any atom is 0.435 e. The van der Waals surface area contributed by atoms with Gasteiger partial charge in [-0.05, 0) is 26.2 Å². The molecule has 1 saturated heterocycles. The maximum absolute atomic E-state index is 13.1. The average molecular weight is 556 g/mol. The summed E-state index contributed by atoms with van der Waals surface area (Å²) in [5.74, 6) is 0.836. The fraction of sp³-hybridized carbons (Fsp3) is 0.750. The number of halogens is 4. The molecule has 0 radical (unpaired) electrons. The number of amides is 1. The first kappa shape index (κ1) is 25.7.